The van der Waals surface area contributed by atoms with Crippen molar-refractivity contribution in [2.24, 2.45) is 11.3 Å². The Bertz CT molecular complexity index is 592. The largest absolute Gasteiger partial charge is 0.370 e. The van der Waals surface area contributed by atoms with Crippen LogP contribution in [-0.2, 0) is 10.0 Å². The van der Waals surface area contributed by atoms with E-state index in [2.05, 4.69) is 15.0 Å². The van der Waals surface area contributed by atoms with Crippen molar-refractivity contribution in [2.45, 2.75) is 37.5 Å². The molecule has 2 fully saturated rings. The van der Waals surface area contributed by atoms with Gasteiger partial charge >= 0.3 is 0 Å². The summed E-state index contributed by atoms with van der Waals surface area (Å²) in [6.45, 7) is 3.25. The summed E-state index contributed by atoms with van der Waals surface area (Å²) in [5.74, 6) is 1.35. The van der Waals surface area contributed by atoms with E-state index in [4.69, 9.17) is 0 Å². The molecule has 0 radical (unpaired) electrons. The van der Waals surface area contributed by atoms with Gasteiger partial charge in [0.25, 0.3) is 0 Å². The van der Waals surface area contributed by atoms with Crippen molar-refractivity contribution in [2.75, 3.05) is 18.4 Å². The van der Waals surface area contributed by atoms with Crippen LogP contribution in [0.5, 0.6) is 0 Å². The zero-order chi connectivity index (χ0) is 14.2. The first kappa shape index (κ1) is 13.8. The van der Waals surface area contributed by atoms with E-state index >= 15 is 0 Å². The van der Waals surface area contributed by atoms with Crippen LogP contribution in [0.3, 0.4) is 0 Å². The molecule has 0 aliphatic heterocycles. The number of hydrogen-bond donors (Lipinski definition) is 2. The van der Waals surface area contributed by atoms with Crippen LogP contribution >= 0.6 is 0 Å². The molecule has 0 unspecified atom stereocenters. The molecule has 1 aromatic heterocycles. The molecule has 5 nitrogen and oxygen atoms in total. The van der Waals surface area contributed by atoms with Gasteiger partial charge in [0.05, 0.1) is 4.90 Å². The minimum Gasteiger partial charge on any atom is -0.370 e. The lowest BCUT2D eigenvalue weighted by Gasteiger charge is -2.15. The molecule has 0 atom stereocenters. The first-order valence-corrected chi connectivity index (χ1v) is 8.74. The van der Waals surface area contributed by atoms with E-state index in [-0.39, 0.29) is 10.3 Å². The topological polar surface area (TPSA) is 71.1 Å². The number of nitrogens with zero attached hydrogens (tertiary/aromatic N) is 1. The van der Waals surface area contributed by atoms with Gasteiger partial charge in [-0.2, -0.15) is 0 Å². The van der Waals surface area contributed by atoms with Crippen LogP contribution in [0.25, 0.3) is 0 Å². The minimum atomic E-state index is -3.43. The highest BCUT2D eigenvalue weighted by atomic mass is 32.2. The number of rotatable bonds is 7. The summed E-state index contributed by atoms with van der Waals surface area (Å²) in [5.41, 5.74) is 0.268. The summed E-state index contributed by atoms with van der Waals surface area (Å²) >= 11 is 0. The van der Waals surface area contributed by atoms with Gasteiger partial charge in [-0.05, 0) is 50.0 Å². The first-order chi connectivity index (χ1) is 9.56. The minimum absolute atomic E-state index is 0.268. The van der Waals surface area contributed by atoms with Crippen molar-refractivity contribution in [1.29, 1.82) is 0 Å². The molecular formula is C14H21N3O2S. The van der Waals surface area contributed by atoms with Crippen LogP contribution < -0.4 is 10.0 Å². The molecule has 20 heavy (non-hydrogen) atoms. The zero-order valence-electron chi connectivity index (χ0n) is 11.7. The molecule has 0 amide bonds. The zero-order valence-corrected chi connectivity index (χ0v) is 12.5. The Kier molecular flexibility index (Phi) is 3.46. The van der Waals surface area contributed by atoms with Crippen molar-refractivity contribution in [3.63, 3.8) is 0 Å². The summed E-state index contributed by atoms with van der Waals surface area (Å²) in [6, 6.07) is 3.13. The van der Waals surface area contributed by atoms with Gasteiger partial charge in [0, 0.05) is 25.4 Å². The number of sulfonamides is 1. The molecule has 1 aromatic rings. The fourth-order valence-corrected chi connectivity index (χ4v) is 3.91. The SMILES string of the molecule is CCNc1cc(S(=O)(=O)NCC2(C3CC3)CC2)ccn1. The molecule has 6 heteroatoms. The number of nitrogens with one attached hydrogen (secondary N) is 2. The number of hydrogen-bond acceptors (Lipinski definition) is 4. The second kappa shape index (κ2) is 5.00. The van der Waals surface area contributed by atoms with Crippen molar-refractivity contribution in [3.8, 4) is 0 Å². The number of aromatic nitrogens is 1. The highest BCUT2D eigenvalue weighted by Gasteiger charge is 2.53. The molecule has 0 spiro atoms. The predicted molar refractivity (Wildman–Crippen MR) is 78.0 cm³/mol. The maximum atomic E-state index is 12.3. The van der Waals surface area contributed by atoms with Crippen LogP contribution in [0.4, 0.5) is 5.82 Å². The van der Waals surface area contributed by atoms with Crippen LogP contribution in [0.2, 0.25) is 0 Å². The normalized spacial score (nSPS) is 20.6. The Hall–Kier alpha value is -1.14. The van der Waals surface area contributed by atoms with Crippen molar-refractivity contribution in [3.05, 3.63) is 18.3 Å². The Morgan fingerprint density at radius 3 is 2.75 bits per heavy atom. The molecule has 0 bridgehead atoms. The standard InChI is InChI=1S/C14H21N3O2S/c1-2-15-13-9-12(5-8-16-13)20(18,19)17-10-14(6-7-14)11-3-4-11/h5,8-9,11,17H,2-4,6-7,10H2,1H3,(H,15,16). The van der Waals surface area contributed by atoms with E-state index in [9.17, 15) is 8.42 Å². The first-order valence-electron chi connectivity index (χ1n) is 7.25. The van der Waals surface area contributed by atoms with Crippen LogP contribution in [0, 0.1) is 11.3 Å². The second-order valence-corrected chi connectivity index (χ2v) is 7.64. The molecule has 0 saturated heterocycles. The summed E-state index contributed by atoms with van der Waals surface area (Å²) in [6.07, 6.45) is 6.39. The Morgan fingerprint density at radius 2 is 2.15 bits per heavy atom. The Balaban J connectivity index is 1.69. The van der Waals surface area contributed by atoms with E-state index in [1.54, 1.807) is 12.1 Å². The van der Waals surface area contributed by atoms with Crippen LogP contribution in [0.1, 0.15) is 32.6 Å². The molecule has 2 aliphatic rings. The van der Waals surface area contributed by atoms with E-state index in [0.29, 0.717) is 18.9 Å². The second-order valence-electron chi connectivity index (χ2n) is 5.87. The lowest BCUT2D eigenvalue weighted by atomic mass is 10.0. The highest BCUT2D eigenvalue weighted by Crippen LogP contribution is 2.60. The van der Waals surface area contributed by atoms with Crippen molar-refractivity contribution < 1.29 is 8.42 Å². The quantitative estimate of drug-likeness (QED) is 0.807. The van der Waals surface area contributed by atoms with E-state index in [0.717, 1.165) is 5.92 Å². The van der Waals surface area contributed by atoms with Gasteiger partial charge < -0.3 is 5.32 Å². The van der Waals surface area contributed by atoms with E-state index < -0.39 is 10.0 Å². The van der Waals surface area contributed by atoms with Gasteiger partial charge in [-0.3, -0.25) is 0 Å². The van der Waals surface area contributed by atoms with Crippen molar-refractivity contribution in [1.82, 2.24) is 9.71 Å². The molecular weight excluding hydrogens is 274 g/mol. The lowest BCUT2D eigenvalue weighted by Crippen LogP contribution is -2.31. The molecule has 2 aliphatic carbocycles. The predicted octanol–water partition coefficient (Wildman–Crippen LogP) is 1.98. The van der Waals surface area contributed by atoms with Gasteiger partial charge in [-0.15, -0.1) is 0 Å². The molecule has 2 saturated carbocycles. The van der Waals surface area contributed by atoms with Gasteiger partial charge in [0.1, 0.15) is 5.82 Å². The fourth-order valence-electron chi connectivity index (χ4n) is 2.76. The molecule has 1 heterocycles. The molecule has 3 rings (SSSR count). The summed E-state index contributed by atoms with van der Waals surface area (Å²) in [7, 11) is -3.43. The molecule has 110 valence electrons. The Labute approximate surface area is 120 Å². The lowest BCUT2D eigenvalue weighted by molar-refractivity contribution is 0.432. The van der Waals surface area contributed by atoms with Crippen molar-refractivity contribution >= 4 is 15.8 Å². The van der Waals surface area contributed by atoms with E-state index in [1.165, 1.54) is 31.9 Å². The summed E-state index contributed by atoms with van der Waals surface area (Å²) in [5, 5.41) is 3.03. The van der Waals surface area contributed by atoms with Gasteiger partial charge in [-0.1, -0.05) is 0 Å². The monoisotopic (exact) mass is 295 g/mol. The highest BCUT2D eigenvalue weighted by molar-refractivity contribution is 7.89. The maximum Gasteiger partial charge on any atom is 0.240 e. The summed E-state index contributed by atoms with van der Waals surface area (Å²) in [4.78, 5) is 4.39. The third-order valence-electron chi connectivity index (χ3n) is 4.35. The third-order valence-corrected chi connectivity index (χ3v) is 5.75. The number of anilines is 1. The summed E-state index contributed by atoms with van der Waals surface area (Å²) < 4.78 is 27.5. The average molecular weight is 295 g/mol. The fraction of sp³-hybridized carbons (Fsp3) is 0.643. The molecule has 0 aromatic carbocycles. The molecule has 2 N–H and O–H groups in total. The number of pyridine rings is 1. The average Bonchev–Trinajstić information content (AvgIpc) is 3.28. The van der Waals surface area contributed by atoms with E-state index in [1.807, 2.05) is 6.92 Å². The van der Waals surface area contributed by atoms with Crippen LogP contribution in [0.15, 0.2) is 23.2 Å². The Morgan fingerprint density at radius 1 is 1.40 bits per heavy atom. The van der Waals surface area contributed by atoms with Gasteiger partial charge in [-0.25, -0.2) is 18.1 Å². The van der Waals surface area contributed by atoms with Gasteiger partial charge in [0.15, 0.2) is 0 Å². The van der Waals surface area contributed by atoms with Crippen LogP contribution in [-0.4, -0.2) is 26.5 Å². The van der Waals surface area contributed by atoms with Gasteiger partial charge in [0.2, 0.25) is 10.0 Å². The third kappa shape index (κ3) is 2.81. The maximum absolute atomic E-state index is 12.3. The smallest absolute Gasteiger partial charge is 0.240 e.